The molecule has 0 bridgehead atoms. The van der Waals surface area contributed by atoms with Crippen molar-refractivity contribution < 1.29 is 14.2 Å². The lowest BCUT2D eigenvalue weighted by Crippen LogP contribution is -2.27. The Morgan fingerprint density at radius 2 is 1.42 bits per heavy atom. The molecule has 0 saturated carbocycles. The van der Waals surface area contributed by atoms with Crippen molar-refractivity contribution in [2.45, 2.75) is 31.6 Å². The van der Waals surface area contributed by atoms with Gasteiger partial charge in [0.1, 0.15) is 5.75 Å². The van der Waals surface area contributed by atoms with Gasteiger partial charge in [0, 0.05) is 0 Å². The molecule has 0 saturated heterocycles. The predicted molar refractivity (Wildman–Crippen MR) is 133 cm³/mol. The first kappa shape index (κ1) is 20.2. The standard InChI is InChI=1S/C30H28O3/c1-5-18-14-21-22-15-28(32-3)29(33-4)17-26(22)30(25(21)16-27(18)31-2)23-12-8-6-10-19(23)20-11-7-9-13-24(20)30/h6,8-10,12-17H,5,7,11H2,1-4H3. The minimum absolute atomic E-state index is 0.382. The molecule has 6 rings (SSSR count). The van der Waals surface area contributed by atoms with Crippen LogP contribution in [0, 0.1) is 0 Å². The lowest BCUT2D eigenvalue weighted by atomic mass is 9.69. The molecule has 1 spiro atoms. The van der Waals surface area contributed by atoms with Gasteiger partial charge in [-0.15, -0.1) is 0 Å². The summed E-state index contributed by atoms with van der Waals surface area (Å²) in [4.78, 5) is 0. The summed E-state index contributed by atoms with van der Waals surface area (Å²) in [6.07, 6.45) is 7.73. The maximum Gasteiger partial charge on any atom is 0.161 e. The average Bonchev–Trinajstić information content (AvgIpc) is 3.33. The maximum atomic E-state index is 5.89. The first-order chi connectivity index (χ1) is 16.2. The van der Waals surface area contributed by atoms with Crippen molar-refractivity contribution in [2.75, 3.05) is 21.3 Å². The van der Waals surface area contributed by atoms with Crippen LogP contribution in [0.3, 0.4) is 0 Å². The van der Waals surface area contributed by atoms with Crippen molar-refractivity contribution in [1.82, 2.24) is 0 Å². The quantitative estimate of drug-likeness (QED) is 0.455. The van der Waals surface area contributed by atoms with E-state index in [0.717, 1.165) is 36.5 Å². The van der Waals surface area contributed by atoms with Crippen LogP contribution in [0.1, 0.15) is 47.6 Å². The van der Waals surface area contributed by atoms with Crippen LogP contribution in [0.4, 0.5) is 0 Å². The molecule has 166 valence electrons. The fourth-order valence-corrected chi connectivity index (χ4v) is 6.28. The number of hydrogen-bond acceptors (Lipinski definition) is 3. The van der Waals surface area contributed by atoms with E-state index in [1.54, 1.807) is 21.3 Å². The molecule has 0 fully saturated rings. The Hall–Kier alpha value is -3.46. The van der Waals surface area contributed by atoms with Crippen molar-refractivity contribution in [2.24, 2.45) is 0 Å². The lowest BCUT2D eigenvalue weighted by molar-refractivity contribution is 0.354. The van der Waals surface area contributed by atoms with Gasteiger partial charge in [0.15, 0.2) is 11.5 Å². The molecule has 3 heteroatoms. The Kier molecular flexibility index (Phi) is 4.45. The van der Waals surface area contributed by atoms with E-state index in [9.17, 15) is 0 Å². The zero-order valence-corrected chi connectivity index (χ0v) is 19.6. The van der Waals surface area contributed by atoms with Gasteiger partial charge in [-0.1, -0.05) is 43.3 Å². The summed E-state index contributed by atoms with van der Waals surface area (Å²) >= 11 is 0. The summed E-state index contributed by atoms with van der Waals surface area (Å²) in [7, 11) is 5.19. The molecule has 3 aromatic carbocycles. The third-order valence-corrected chi connectivity index (χ3v) is 7.65. The second-order valence-electron chi connectivity index (χ2n) is 8.94. The molecule has 0 heterocycles. The van der Waals surface area contributed by atoms with Crippen LogP contribution < -0.4 is 14.2 Å². The number of allylic oxidation sites excluding steroid dienone is 4. The van der Waals surface area contributed by atoms with Crippen molar-refractivity contribution in [3.63, 3.8) is 0 Å². The molecular weight excluding hydrogens is 408 g/mol. The van der Waals surface area contributed by atoms with Crippen molar-refractivity contribution in [3.8, 4) is 28.4 Å². The molecule has 3 aromatic rings. The number of hydrogen-bond donors (Lipinski definition) is 0. The summed E-state index contributed by atoms with van der Waals surface area (Å²) < 4.78 is 17.4. The molecule has 1 atom stereocenters. The van der Waals surface area contributed by atoms with Gasteiger partial charge in [-0.2, -0.15) is 0 Å². The zero-order chi connectivity index (χ0) is 22.7. The highest BCUT2D eigenvalue weighted by molar-refractivity contribution is 5.97. The van der Waals surface area contributed by atoms with Gasteiger partial charge < -0.3 is 14.2 Å². The fourth-order valence-electron chi connectivity index (χ4n) is 6.28. The van der Waals surface area contributed by atoms with E-state index in [1.165, 1.54) is 50.1 Å². The van der Waals surface area contributed by atoms with E-state index < -0.39 is 0 Å². The van der Waals surface area contributed by atoms with Crippen LogP contribution in [-0.2, 0) is 11.8 Å². The largest absolute Gasteiger partial charge is 0.496 e. The smallest absolute Gasteiger partial charge is 0.161 e. The van der Waals surface area contributed by atoms with Gasteiger partial charge in [0.05, 0.1) is 26.7 Å². The highest BCUT2D eigenvalue weighted by atomic mass is 16.5. The Morgan fingerprint density at radius 1 is 0.758 bits per heavy atom. The third kappa shape index (κ3) is 2.45. The Morgan fingerprint density at radius 3 is 2.15 bits per heavy atom. The first-order valence-corrected chi connectivity index (χ1v) is 11.7. The van der Waals surface area contributed by atoms with Gasteiger partial charge in [0.25, 0.3) is 0 Å². The van der Waals surface area contributed by atoms with E-state index in [2.05, 4.69) is 67.6 Å². The summed E-state index contributed by atoms with van der Waals surface area (Å²) in [5, 5.41) is 0. The minimum Gasteiger partial charge on any atom is -0.496 e. The molecule has 1 unspecified atom stereocenters. The Balaban J connectivity index is 1.80. The highest BCUT2D eigenvalue weighted by Crippen LogP contribution is 2.65. The number of benzene rings is 3. The minimum atomic E-state index is -0.382. The number of methoxy groups -OCH3 is 3. The normalized spacial score (nSPS) is 19.3. The second kappa shape index (κ2) is 7.28. The second-order valence-corrected chi connectivity index (χ2v) is 8.94. The highest BCUT2D eigenvalue weighted by Gasteiger charge is 2.53. The molecule has 0 radical (unpaired) electrons. The van der Waals surface area contributed by atoms with E-state index in [0.29, 0.717) is 0 Å². The van der Waals surface area contributed by atoms with Crippen LogP contribution in [0.25, 0.3) is 16.7 Å². The summed E-state index contributed by atoms with van der Waals surface area (Å²) in [5.41, 5.74) is 11.4. The molecule has 3 nitrogen and oxygen atoms in total. The topological polar surface area (TPSA) is 27.7 Å². The van der Waals surface area contributed by atoms with E-state index in [-0.39, 0.29) is 5.41 Å². The summed E-state index contributed by atoms with van der Waals surface area (Å²) in [6, 6.07) is 17.9. The lowest BCUT2D eigenvalue weighted by Gasteiger charge is -2.32. The van der Waals surface area contributed by atoms with Crippen LogP contribution >= 0.6 is 0 Å². The molecule has 0 aliphatic heterocycles. The average molecular weight is 437 g/mol. The zero-order valence-electron chi connectivity index (χ0n) is 19.6. The van der Waals surface area contributed by atoms with E-state index >= 15 is 0 Å². The van der Waals surface area contributed by atoms with Crippen LogP contribution in [0.5, 0.6) is 17.2 Å². The van der Waals surface area contributed by atoms with Crippen molar-refractivity contribution in [1.29, 1.82) is 0 Å². The number of fused-ring (bicyclic) bond motifs is 9. The molecule has 0 amide bonds. The molecule has 0 N–H and O–H groups in total. The molecule has 3 aliphatic carbocycles. The first-order valence-electron chi connectivity index (χ1n) is 11.7. The predicted octanol–water partition coefficient (Wildman–Crippen LogP) is 6.71. The van der Waals surface area contributed by atoms with Gasteiger partial charge >= 0.3 is 0 Å². The van der Waals surface area contributed by atoms with E-state index in [1.807, 2.05) is 0 Å². The third-order valence-electron chi connectivity index (χ3n) is 7.65. The monoisotopic (exact) mass is 436 g/mol. The van der Waals surface area contributed by atoms with Crippen molar-refractivity contribution >= 4 is 5.57 Å². The fraction of sp³-hybridized carbons (Fsp3) is 0.267. The van der Waals surface area contributed by atoms with Gasteiger partial charge in [0.2, 0.25) is 0 Å². The van der Waals surface area contributed by atoms with Crippen LogP contribution in [-0.4, -0.2) is 21.3 Å². The molecule has 0 aromatic heterocycles. The van der Waals surface area contributed by atoms with Gasteiger partial charge in [-0.05, 0) is 93.6 Å². The Labute approximate surface area is 195 Å². The number of rotatable bonds is 4. The number of aryl methyl sites for hydroxylation is 1. The Bertz CT molecular complexity index is 1300. The van der Waals surface area contributed by atoms with Gasteiger partial charge in [-0.25, -0.2) is 0 Å². The molecule has 33 heavy (non-hydrogen) atoms. The van der Waals surface area contributed by atoms with E-state index in [4.69, 9.17) is 14.2 Å². The summed E-state index contributed by atoms with van der Waals surface area (Å²) in [6.45, 7) is 2.18. The summed E-state index contributed by atoms with van der Waals surface area (Å²) in [5.74, 6) is 2.47. The molecular formula is C30H28O3. The van der Waals surface area contributed by atoms with Crippen molar-refractivity contribution in [3.05, 3.63) is 94.1 Å². The van der Waals surface area contributed by atoms with Gasteiger partial charge in [-0.3, -0.25) is 0 Å². The van der Waals surface area contributed by atoms with Crippen LogP contribution in [0.15, 0.2) is 66.3 Å². The molecule has 3 aliphatic rings. The van der Waals surface area contributed by atoms with Crippen LogP contribution in [0.2, 0.25) is 0 Å². The SMILES string of the molecule is CCc1cc2c(cc1OC)C1(C3=C(CCC=C3)c3ccccc31)c1cc(OC)c(OC)cc1-2. The number of ether oxygens (including phenoxy) is 3. The maximum absolute atomic E-state index is 5.89.